The van der Waals surface area contributed by atoms with Crippen LogP contribution in [0, 0.1) is 10.1 Å². The number of nitro benzene ring substituents is 1. The predicted octanol–water partition coefficient (Wildman–Crippen LogP) is 4.36. The highest BCUT2D eigenvalue weighted by Crippen LogP contribution is 2.24. The molecule has 0 radical (unpaired) electrons. The molecule has 0 unspecified atom stereocenters. The molecule has 0 saturated carbocycles. The number of nitro groups is 1. The molecular weight excluding hydrogens is 352 g/mol. The summed E-state index contributed by atoms with van der Waals surface area (Å²) in [5.74, 6) is 0. The summed E-state index contributed by atoms with van der Waals surface area (Å²) < 4.78 is 1.57. The van der Waals surface area contributed by atoms with Gasteiger partial charge in [0, 0.05) is 34.1 Å². The van der Waals surface area contributed by atoms with Crippen molar-refractivity contribution >= 4 is 44.6 Å². The molecule has 0 spiro atoms. The summed E-state index contributed by atoms with van der Waals surface area (Å²) in [6, 6.07) is 8.70. The summed E-state index contributed by atoms with van der Waals surface area (Å²) in [7, 11) is 0. The van der Waals surface area contributed by atoms with Gasteiger partial charge in [0.1, 0.15) is 0 Å². The zero-order valence-corrected chi connectivity index (χ0v) is 12.9. The average Bonchev–Trinajstić information content (AvgIpc) is 2.75. The fourth-order valence-electron chi connectivity index (χ4n) is 1.64. The van der Waals surface area contributed by atoms with Gasteiger partial charge in [-0.1, -0.05) is 27.5 Å². The molecule has 2 rings (SSSR count). The lowest BCUT2D eigenvalue weighted by Gasteiger charge is -2.05. The second-order valence-corrected chi connectivity index (χ2v) is 6.55. The molecule has 0 aliphatic carbocycles. The lowest BCUT2D eigenvalue weighted by molar-refractivity contribution is -0.385. The molecule has 1 aromatic heterocycles. The fourth-order valence-corrected chi connectivity index (χ4v) is 3.11. The summed E-state index contributed by atoms with van der Waals surface area (Å²) in [4.78, 5) is 11.6. The van der Waals surface area contributed by atoms with Crippen LogP contribution in [-0.2, 0) is 13.1 Å². The number of thiophene rings is 1. The van der Waals surface area contributed by atoms with E-state index in [1.807, 2.05) is 12.1 Å². The van der Waals surface area contributed by atoms with E-state index in [0.717, 1.165) is 13.7 Å². The first-order chi connectivity index (χ1) is 9.06. The molecule has 0 aliphatic heterocycles. The van der Waals surface area contributed by atoms with Crippen molar-refractivity contribution in [1.29, 1.82) is 0 Å². The Labute approximate surface area is 127 Å². The standard InChI is InChI=1S/C12H10BrClN2O2S/c13-9-1-3-11(16(17)18)8(5-9)6-15-7-10-2-4-12(14)19-10/h1-5,15H,6-7H2. The van der Waals surface area contributed by atoms with Gasteiger partial charge in [-0.15, -0.1) is 11.3 Å². The van der Waals surface area contributed by atoms with Gasteiger partial charge in [-0.05, 0) is 24.3 Å². The number of rotatable bonds is 5. The number of halogens is 2. The number of hydrogen-bond donors (Lipinski definition) is 1. The van der Waals surface area contributed by atoms with Crippen molar-refractivity contribution in [2.75, 3.05) is 0 Å². The van der Waals surface area contributed by atoms with Gasteiger partial charge in [-0.3, -0.25) is 10.1 Å². The van der Waals surface area contributed by atoms with Crippen molar-refractivity contribution in [3.05, 3.63) is 59.7 Å². The van der Waals surface area contributed by atoms with Crippen molar-refractivity contribution < 1.29 is 4.92 Å². The van der Waals surface area contributed by atoms with Crippen molar-refractivity contribution in [3.63, 3.8) is 0 Å². The molecule has 1 N–H and O–H groups in total. The van der Waals surface area contributed by atoms with Gasteiger partial charge in [0.2, 0.25) is 0 Å². The highest BCUT2D eigenvalue weighted by Gasteiger charge is 2.13. The lowest BCUT2D eigenvalue weighted by atomic mass is 10.2. The Morgan fingerprint density at radius 2 is 2.11 bits per heavy atom. The van der Waals surface area contributed by atoms with Crippen LogP contribution >= 0.6 is 38.9 Å². The van der Waals surface area contributed by atoms with Crippen LogP contribution in [0.2, 0.25) is 4.34 Å². The molecular formula is C12H10BrClN2O2S. The van der Waals surface area contributed by atoms with Crippen molar-refractivity contribution in [3.8, 4) is 0 Å². The van der Waals surface area contributed by atoms with Crippen LogP contribution in [-0.4, -0.2) is 4.92 Å². The van der Waals surface area contributed by atoms with Gasteiger partial charge in [-0.2, -0.15) is 0 Å². The minimum absolute atomic E-state index is 0.125. The first-order valence-corrected chi connectivity index (χ1v) is 7.43. The summed E-state index contributed by atoms with van der Waals surface area (Å²) in [5.41, 5.74) is 0.780. The van der Waals surface area contributed by atoms with E-state index >= 15 is 0 Å². The molecule has 1 heterocycles. The lowest BCUT2D eigenvalue weighted by Crippen LogP contribution is -2.13. The Bertz CT molecular complexity index is 603. The monoisotopic (exact) mass is 360 g/mol. The number of nitrogens with one attached hydrogen (secondary N) is 1. The van der Waals surface area contributed by atoms with Gasteiger partial charge in [0.05, 0.1) is 9.26 Å². The largest absolute Gasteiger partial charge is 0.308 e. The molecule has 0 bridgehead atoms. The van der Waals surface area contributed by atoms with E-state index in [4.69, 9.17) is 11.6 Å². The van der Waals surface area contributed by atoms with Crippen molar-refractivity contribution in [1.82, 2.24) is 5.32 Å². The fraction of sp³-hybridized carbons (Fsp3) is 0.167. The van der Waals surface area contributed by atoms with Crippen LogP contribution in [0.25, 0.3) is 0 Å². The van der Waals surface area contributed by atoms with Crippen molar-refractivity contribution in [2.45, 2.75) is 13.1 Å². The molecule has 0 saturated heterocycles. The van der Waals surface area contributed by atoms with Gasteiger partial charge >= 0.3 is 0 Å². The zero-order valence-electron chi connectivity index (χ0n) is 9.73. The predicted molar refractivity (Wildman–Crippen MR) is 80.7 cm³/mol. The maximum absolute atomic E-state index is 10.9. The van der Waals surface area contributed by atoms with Gasteiger partial charge < -0.3 is 5.32 Å². The third kappa shape index (κ3) is 4.01. The Morgan fingerprint density at radius 1 is 1.32 bits per heavy atom. The first kappa shape index (κ1) is 14.5. The van der Waals surface area contributed by atoms with E-state index in [9.17, 15) is 10.1 Å². The molecule has 19 heavy (non-hydrogen) atoms. The molecule has 2 aromatic rings. The SMILES string of the molecule is O=[N+]([O-])c1ccc(Br)cc1CNCc1ccc(Cl)s1. The molecule has 100 valence electrons. The molecule has 0 atom stereocenters. The van der Waals surface area contributed by atoms with Crippen LogP contribution in [0.4, 0.5) is 5.69 Å². The maximum atomic E-state index is 10.9. The average molecular weight is 362 g/mol. The van der Waals surface area contributed by atoms with E-state index in [0.29, 0.717) is 18.7 Å². The summed E-state index contributed by atoms with van der Waals surface area (Å²) >= 11 is 10.7. The topological polar surface area (TPSA) is 55.2 Å². The van der Waals surface area contributed by atoms with Crippen LogP contribution in [0.3, 0.4) is 0 Å². The smallest absolute Gasteiger partial charge is 0.273 e. The van der Waals surface area contributed by atoms with Crippen LogP contribution in [0.1, 0.15) is 10.4 Å². The zero-order chi connectivity index (χ0) is 13.8. The van der Waals surface area contributed by atoms with E-state index in [-0.39, 0.29) is 10.6 Å². The third-order valence-corrected chi connectivity index (χ3v) is 4.21. The number of benzene rings is 1. The van der Waals surface area contributed by atoms with Crippen LogP contribution in [0.15, 0.2) is 34.8 Å². The molecule has 1 aromatic carbocycles. The third-order valence-electron chi connectivity index (χ3n) is 2.48. The maximum Gasteiger partial charge on any atom is 0.273 e. The van der Waals surface area contributed by atoms with E-state index < -0.39 is 0 Å². The second kappa shape index (κ2) is 6.47. The quantitative estimate of drug-likeness (QED) is 0.636. The van der Waals surface area contributed by atoms with E-state index in [1.165, 1.54) is 17.4 Å². The minimum atomic E-state index is -0.370. The minimum Gasteiger partial charge on any atom is -0.308 e. The number of hydrogen-bond acceptors (Lipinski definition) is 4. The normalized spacial score (nSPS) is 10.6. The first-order valence-electron chi connectivity index (χ1n) is 5.44. The highest BCUT2D eigenvalue weighted by molar-refractivity contribution is 9.10. The highest BCUT2D eigenvalue weighted by atomic mass is 79.9. The summed E-state index contributed by atoms with van der Waals surface area (Å²) in [6.45, 7) is 1.08. The van der Waals surface area contributed by atoms with Gasteiger partial charge in [0.15, 0.2) is 0 Å². The molecule has 4 nitrogen and oxygen atoms in total. The number of nitrogens with zero attached hydrogens (tertiary/aromatic N) is 1. The summed E-state index contributed by atoms with van der Waals surface area (Å²) in [5, 5.41) is 14.1. The Hall–Kier alpha value is -0.950. The van der Waals surface area contributed by atoms with Crippen LogP contribution < -0.4 is 5.32 Å². The second-order valence-electron chi connectivity index (χ2n) is 3.84. The van der Waals surface area contributed by atoms with Crippen molar-refractivity contribution in [2.24, 2.45) is 0 Å². The van der Waals surface area contributed by atoms with Gasteiger partial charge in [0.25, 0.3) is 5.69 Å². The van der Waals surface area contributed by atoms with E-state index in [2.05, 4.69) is 21.2 Å². The van der Waals surface area contributed by atoms with E-state index in [1.54, 1.807) is 12.1 Å². The Kier molecular flexibility index (Phi) is 4.93. The Morgan fingerprint density at radius 3 is 2.74 bits per heavy atom. The molecule has 0 amide bonds. The molecule has 0 fully saturated rings. The summed E-state index contributed by atoms with van der Waals surface area (Å²) in [6.07, 6.45) is 0. The van der Waals surface area contributed by atoms with Crippen LogP contribution in [0.5, 0.6) is 0 Å². The molecule has 7 heteroatoms. The van der Waals surface area contributed by atoms with Gasteiger partial charge in [-0.25, -0.2) is 0 Å². The molecule has 0 aliphatic rings. The Balaban J connectivity index is 2.02.